The van der Waals surface area contributed by atoms with E-state index in [2.05, 4.69) is 4.98 Å². The average molecular weight is 319 g/mol. The lowest BCUT2D eigenvalue weighted by Crippen LogP contribution is -2.14. The second-order valence-electron chi connectivity index (χ2n) is 4.00. The minimum atomic E-state index is -4.06. The van der Waals surface area contributed by atoms with Crippen molar-refractivity contribution < 1.29 is 17.2 Å². The Morgan fingerprint density at radius 1 is 1.20 bits per heavy atom. The van der Waals surface area contributed by atoms with Crippen LogP contribution in [-0.2, 0) is 10.0 Å². The Morgan fingerprint density at radius 2 is 1.90 bits per heavy atom. The maximum Gasteiger partial charge on any atom is 0.263 e. The summed E-state index contributed by atoms with van der Waals surface area (Å²) in [6.45, 7) is 1.37. The van der Waals surface area contributed by atoms with Crippen molar-refractivity contribution in [3.63, 3.8) is 0 Å². The zero-order valence-electron chi connectivity index (χ0n) is 10.2. The van der Waals surface area contributed by atoms with Gasteiger partial charge in [-0.05, 0) is 30.7 Å². The fourth-order valence-electron chi connectivity index (χ4n) is 1.45. The highest BCUT2D eigenvalue weighted by molar-refractivity contribution is 7.92. The van der Waals surface area contributed by atoms with Crippen molar-refractivity contribution >= 4 is 27.3 Å². The van der Waals surface area contributed by atoms with Gasteiger partial charge in [-0.2, -0.15) is 0 Å². The third-order valence-electron chi connectivity index (χ3n) is 2.50. The van der Waals surface area contributed by atoms with Crippen molar-refractivity contribution in [3.8, 4) is 0 Å². The highest BCUT2D eigenvalue weighted by Crippen LogP contribution is 2.22. The molecule has 1 heterocycles. The molecule has 20 heavy (non-hydrogen) atoms. The van der Waals surface area contributed by atoms with Gasteiger partial charge in [-0.3, -0.25) is 4.72 Å². The lowest BCUT2D eigenvalue weighted by Gasteiger charge is -2.09. The van der Waals surface area contributed by atoms with Gasteiger partial charge in [0.25, 0.3) is 10.0 Å². The molecule has 8 heteroatoms. The molecule has 0 saturated carbocycles. The molecular formula is C12H9ClF2N2O2S. The zero-order valence-corrected chi connectivity index (χ0v) is 11.8. The Labute approximate surface area is 119 Å². The lowest BCUT2D eigenvalue weighted by atomic mass is 10.2. The maximum absolute atomic E-state index is 13.6. The Bertz CT molecular complexity index is 749. The van der Waals surface area contributed by atoms with E-state index in [-0.39, 0.29) is 15.6 Å². The van der Waals surface area contributed by atoms with Gasteiger partial charge in [0, 0.05) is 12.3 Å². The van der Waals surface area contributed by atoms with Gasteiger partial charge in [-0.25, -0.2) is 22.2 Å². The highest BCUT2D eigenvalue weighted by Gasteiger charge is 2.18. The van der Waals surface area contributed by atoms with E-state index in [9.17, 15) is 17.2 Å². The molecule has 4 nitrogen and oxygen atoms in total. The Hall–Kier alpha value is -1.73. The number of hydrogen-bond acceptors (Lipinski definition) is 3. The first kappa shape index (κ1) is 14.7. The predicted molar refractivity (Wildman–Crippen MR) is 71.2 cm³/mol. The van der Waals surface area contributed by atoms with Crippen LogP contribution < -0.4 is 4.72 Å². The van der Waals surface area contributed by atoms with Gasteiger partial charge in [0.05, 0.1) is 5.69 Å². The fourth-order valence-corrected chi connectivity index (χ4v) is 2.56. The molecule has 0 amide bonds. The van der Waals surface area contributed by atoms with Gasteiger partial charge >= 0.3 is 0 Å². The van der Waals surface area contributed by atoms with E-state index in [1.165, 1.54) is 19.1 Å². The van der Waals surface area contributed by atoms with Gasteiger partial charge in [0.15, 0.2) is 0 Å². The number of sulfonamides is 1. The number of nitrogens with one attached hydrogen (secondary N) is 1. The van der Waals surface area contributed by atoms with E-state index >= 15 is 0 Å². The van der Waals surface area contributed by atoms with Crippen molar-refractivity contribution in [1.82, 2.24) is 4.98 Å². The quantitative estimate of drug-likeness (QED) is 0.885. The van der Waals surface area contributed by atoms with Crippen molar-refractivity contribution in [2.45, 2.75) is 11.8 Å². The van der Waals surface area contributed by atoms with Crippen molar-refractivity contribution in [3.05, 3.63) is 52.8 Å². The first-order valence-corrected chi connectivity index (χ1v) is 7.26. The van der Waals surface area contributed by atoms with Crippen LogP contribution in [0.1, 0.15) is 5.56 Å². The summed E-state index contributed by atoms with van der Waals surface area (Å²) in [5.41, 5.74) is -0.387. The zero-order chi connectivity index (χ0) is 14.9. The topological polar surface area (TPSA) is 59.1 Å². The van der Waals surface area contributed by atoms with Gasteiger partial charge < -0.3 is 0 Å². The van der Waals surface area contributed by atoms with E-state index in [0.29, 0.717) is 0 Å². The van der Waals surface area contributed by atoms with Crippen molar-refractivity contribution in [2.24, 2.45) is 0 Å². The normalized spacial score (nSPS) is 11.4. The summed E-state index contributed by atoms with van der Waals surface area (Å²) in [6.07, 6.45) is 1.02. The molecule has 0 unspecified atom stereocenters. The van der Waals surface area contributed by atoms with E-state index in [1.54, 1.807) is 0 Å². The standard InChI is InChI=1S/C12H9ClF2N2O2S/c1-7-4-10(15)11(5-9(7)14)17-20(18,19)8-2-3-12(13)16-6-8/h2-6,17H,1H3. The smallest absolute Gasteiger partial charge is 0.263 e. The van der Waals surface area contributed by atoms with Crippen LogP contribution in [0.4, 0.5) is 14.5 Å². The summed E-state index contributed by atoms with van der Waals surface area (Å²) < 4.78 is 52.9. The SMILES string of the molecule is Cc1cc(F)c(NS(=O)(=O)c2ccc(Cl)nc2)cc1F. The number of aromatic nitrogens is 1. The number of benzene rings is 1. The van der Waals surface area contributed by atoms with Crippen LogP contribution in [-0.4, -0.2) is 13.4 Å². The monoisotopic (exact) mass is 318 g/mol. The molecule has 0 atom stereocenters. The average Bonchev–Trinajstić information content (AvgIpc) is 2.36. The summed E-state index contributed by atoms with van der Waals surface area (Å²) in [7, 11) is -4.06. The van der Waals surface area contributed by atoms with Crippen LogP contribution >= 0.6 is 11.6 Å². The number of rotatable bonds is 3. The van der Waals surface area contributed by atoms with E-state index in [1.807, 2.05) is 4.72 Å². The number of nitrogens with zero attached hydrogens (tertiary/aromatic N) is 1. The van der Waals surface area contributed by atoms with Crippen LogP contribution in [0, 0.1) is 18.6 Å². The number of hydrogen-bond donors (Lipinski definition) is 1. The summed E-state index contributed by atoms with van der Waals surface area (Å²) in [5, 5.41) is 0.122. The number of aryl methyl sites for hydroxylation is 1. The molecule has 106 valence electrons. The summed E-state index contributed by atoms with van der Waals surface area (Å²) in [6, 6.07) is 4.18. The molecule has 0 radical (unpaired) electrons. The largest absolute Gasteiger partial charge is 0.276 e. The van der Waals surface area contributed by atoms with Gasteiger partial charge in [0.1, 0.15) is 21.7 Å². The molecule has 0 spiro atoms. The van der Waals surface area contributed by atoms with Crippen molar-refractivity contribution in [2.75, 3.05) is 4.72 Å². The minimum absolute atomic E-state index is 0.0820. The van der Waals surface area contributed by atoms with Gasteiger partial charge in [-0.1, -0.05) is 11.6 Å². The predicted octanol–water partition coefficient (Wildman–Crippen LogP) is 3.12. The van der Waals surface area contributed by atoms with Gasteiger partial charge in [0.2, 0.25) is 0 Å². The second kappa shape index (κ2) is 5.34. The summed E-state index contributed by atoms with van der Waals surface area (Å²) in [5.74, 6) is -1.58. The molecule has 0 aliphatic rings. The highest BCUT2D eigenvalue weighted by atomic mass is 35.5. The van der Waals surface area contributed by atoms with E-state index in [4.69, 9.17) is 11.6 Å². The van der Waals surface area contributed by atoms with Crippen LogP contribution in [0.5, 0.6) is 0 Å². The lowest BCUT2D eigenvalue weighted by molar-refractivity contribution is 0.590. The molecule has 2 rings (SSSR count). The molecule has 0 aliphatic carbocycles. The molecular weight excluding hydrogens is 310 g/mol. The summed E-state index contributed by atoms with van der Waals surface area (Å²) in [4.78, 5) is 3.41. The third-order valence-corrected chi connectivity index (χ3v) is 4.08. The first-order valence-electron chi connectivity index (χ1n) is 5.39. The van der Waals surface area contributed by atoms with Gasteiger partial charge in [-0.15, -0.1) is 0 Å². The minimum Gasteiger partial charge on any atom is -0.276 e. The number of anilines is 1. The molecule has 0 fully saturated rings. The second-order valence-corrected chi connectivity index (χ2v) is 6.07. The van der Waals surface area contributed by atoms with Crippen LogP contribution in [0.25, 0.3) is 0 Å². The number of halogens is 3. The molecule has 2 aromatic rings. The van der Waals surface area contributed by atoms with E-state index in [0.717, 1.165) is 18.3 Å². The molecule has 0 aliphatic heterocycles. The third kappa shape index (κ3) is 3.05. The molecule has 0 bridgehead atoms. The van der Waals surface area contributed by atoms with E-state index < -0.39 is 27.3 Å². The first-order chi connectivity index (χ1) is 9.29. The van der Waals surface area contributed by atoms with Crippen LogP contribution in [0.15, 0.2) is 35.4 Å². The Kier molecular flexibility index (Phi) is 3.92. The molecule has 1 N–H and O–H groups in total. The van der Waals surface area contributed by atoms with Crippen LogP contribution in [0.2, 0.25) is 5.15 Å². The molecule has 1 aromatic carbocycles. The fraction of sp³-hybridized carbons (Fsp3) is 0.0833. The summed E-state index contributed by atoms with van der Waals surface area (Å²) >= 11 is 5.55. The van der Waals surface area contributed by atoms with Crippen molar-refractivity contribution in [1.29, 1.82) is 0 Å². The Morgan fingerprint density at radius 3 is 2.50 bits per heavy atom. The maximum atomic E-state index is 13.6. The molecule has 1 aromatic heterocycles. The number of pyridine rings is 1. The Balaban J connectivity index is 2.38. The van der Waals surface area contributed by atoms with Crippen LogP contribution in [0.3, 0.4) is 0 Å². The molecule has 0 saturated heterocycles.